The lowest BCUT2D eigenvalue weighted by atomic mass is 10.2. The Hall–Kier alpha value is -1.35. The van der Waals surface area contributed by atoms with Crippen LogP contribution in [-0.2, 0) is 0 Å². The Morgan fingerprint density at radius 2 is 2.06 bits per heavy atom. The van der Waals surface area contributed by atoms with Crippen molar-refractivity contribution in [3.8, 4) is 11.4 Å². The van der Waals surface area contributed by atoms with Crippen molar-refractivity contribution in [1.29, 1.82) is 0 Å². The van der Waals surface area contributed by atoms with Gasteiger partial charge < -0.3 is 0 Å². The van der Waals surface area contributed by atoms with Crippen LogP contribution >= 0.6 is 34.2 Å². The van der Waals surface area contributed by atoms with Crippen molar-refractivity contribution < 1.29 is 4.39 Å². The van der Waals surface area contributed by atoms with Gasteiger partial charge in [-0.25, -0.2) is 9.37 Å². The number of rotatable bonds is 1. The van der Waals surface area contributed by atoms with Gasteiger partial charge in [0, 0.05) is 11.8 Å². The van der Waals surface area contributed by atoms with Crippen molar-refractivity contribution in [2.45, 2.75) is 0 Å². The zero-order valence-corrected chi connectivity index (χ0v) is 11.6. The van der Waals surface area contributed by atoms with Crippen LogP contribution in [0.4, 0.5) is 4.39 Å². The molecule has 90 valence electrons. The summed E-state index contributed by atoms with van der Waals surface area (Å²) in [4.78, 5) is 12.1. The third kappa shape index (κ3) is 1.93. The van der Waals surface area contributed by atoms with E-state index >= 15 is 0 Å². The van der Waals surface area contributed by atoms with E-state index in [1.54, 1.807) is 6.20 Å². The first-order valence-electron chi connectivity index (χ1n) is 4.83. The van der Waals surface area contributed by atoms with Crippen LogP contribution in [0.25, 0.3) is 17.0 Å². The molecule has 0 fully saturated rings. The molecule has 3 heterocycles. The van der Waals surface area contributed by atoms with Gasteiger partial charge in [0.25, 0.3) is 0 Å². The topological polar surface area (TPSA) is 56.0 Å². The van der Waals surface area contributed by atoms with Crippen LogP contribution in [0.2, 0.25) is 5.28 Å². The summed E-state index contributed by atoms with van der Waals surface area (Å²) >= 11 is 8.09. The monoisotopic (exact) mass is 375 g/mol. The summed E-state index contributed by atoms with van der Waals surface area (Å²) in [5.74, 6) is -0.131. The summed E-state index contributed by atoms with van der Waals surface area (Å²) in [7, 11) is 0. The van der Waals surface area contributed by atoms with Gasteiger partial charge in [-0.15, -0.1) is 0 Å². The third-order valence-corrected chi connectivity index (χ3v) is 3.25. The molecule has 0 saturated heterocycles. The maximum absolute atomic E-state index is 13.1. The lowest BCUT2D eigenvalue weighted by Crippen LogP contribution is -1.99. The van der Waals surface area contributed by atoms with E-state index in [0.29, 0.717) is 17.0 Å². The van der Waals surface area contributed by atoms with E-state index in [1.807, 2.05) is 0 Å². The zero-order chi connectivity index (χ0) is 12.7. The largest absolute Gasteiger partial charge is 0.261 e. The molecule has 0 aromatic carbocycles. The molecule has 3 rings (SSSR count). The maximum atomic E-state index is 13.1. The minimum atomic E-state index is -0.449. The van der Waals surface area contributed by atoms with Gasteiger partial charge in [-0.05, 0) is 40.3 Å². The molecule has 0 aliphatic rings. The molecule has 0 saturated carbocycles. The first kappa shape index (κ1) is 11.7. The van der Waals surface area contributed by atoms with Crippen molar-refractivity contribution in [3.63, 3.8) is 0 Å². The number of hydrogen-bond donors (Lipinski definition) is 0. The van der Waals surface area contributed by atoms with Crippen molar-refractivity contribution in [3.05, 3.63) is 39.3 Å². The SMILES string of the molecule is Fc1cncc(-c2nc(Cl)n3ncc(I)c3n2)c1. The molecule has 8 heteroatoms. The fourth-order valence-corrected chi connectivity index (χ4v) is 2.16. The highest BCUT2D eigenvalue weighted by atomic mass is 127. The maximum Gasteiger partial charge on any atom is 0.227 e. The summed E-state index contributed by atoms with van der Waals surface area (Å²) in [5.41, 5.74) is 1.05. The second kappa shape index (κ2) is 4.39. The summed E-state index contributed by atoms with van der Waals surface area (Å²) in [6.07, 6.45) is 4.23. The Balaban J connectivity index is 2.27. The number of hydrogen-bond acceptors (Lipinski definition) is 4. The number of halogens is 3. The Kier molecular flexibility index (Phi) is 2.86. The van der Waals surface area contributed by atoms with E-state index in [0.717, 1.165) is 9.77 Å². The van der Waals surface area contributed by atoms with Crippen LogP contribution in [0.1, 0.15) is 0 Å². The predicted molar refractivity (Wildman–Crippen MR) is 71.7 cm³/mol. The molecule has 0 spiro atoms. The molecule has 0 amide bonds. The predicted octanol–water partition coefficient (Wildman–Crippen LogP) is 2.58. The van der Waals surface area contributed by atoms with Crippen molar-refractivity contribution in [2.75, 3.05) is 0 Å². The normalized spacial score (nSPS) is 11.1. The number of fused-ring (bicyclic) bond motifs is 1. The second-order valence-corrected chi connectivity index (χ2v) is 4.94. The molecule has 0 aliphatic carbocycles. The van der Waals surface area contributed by atoms with Gasteiger partial charge in [0.1, 0.15) is 5.82 Å². The Labute approximate surface area is 119 Å². The molecule has 0 aliphatic heterocycles. The van der Waals surface area contributed by atoms with Crippen LogP contribution in [0.5, 0.6) is 0 Å². The number of aromatic nitrogens is 5. The molecular formula is C10H4ClFIN5. The van der Waals surface area contributed by atoms with E-state index in [9.17, 15) is 4.39 Å². The summed E-state index contributed by atoms with van der Waals surface area (Å²) in [6, 6.07) is 1.30. The van der Waals surface area contributed by atoms with Crippen molar-refractivity contribution >= 4 is 39.8 Å². The fourth-order valence-electron chi connectivity index (χ4n) is 1.48. The lowest BCUT2D eigenvalue weighted by Gasteiger charge is -2.02. The average Bonchev–Trinajstić information content (AvgIpc) is 2.72. The Morgan fingerprint density at radius 3 is 2.83 bits per heavy atom. The van der Waals surface area contributed by atoms with Gasteiger partial charge in [0.05, 0.1) is 16.0 Å². The highest BCUT2D eigenvalue weighted by molar-refractivity contribution is 14.1. The molecular weight excluding hydrogens is 372 g/mol. The Bertz CT molecular complexity index is 744. The number of pyridine rings is 1. The molecule has 18 heavy (non-hydrogen) atoms. The first-order valence-corrected chi connectivity index (χ1v) is 6.28. The zero-order valence-electron chi connectivity index (χ0n) is 8.68. The Morgan fingerprint density at radius 1 is 1.22 bits per heavy atom. The van der Waals surface area contributed by atoms with Crippen LogP contribution in [0.15, 0.2) is 24.7 Å². The van der Waals surface area contributed by atoms with E-state index < -0.39 is 5.82 Å². The highest BCUT2D eigenvalue weighted by Crippen LogP contribution is 2.20. The minimum absolute atomic E-state index is 0.169. The average molecular weight is 376 g/mol. The van der Waals surface area contributed by atoms with Crippen molar-refractivity contribution in [2.24, 2.45) is 0 Å². The van der Waals surface area contributed by atoms with Crippen LogP contribution in [-0.4, -0.2) is 24.6 Å². The smallest absolute Gasteiger partial charge is 0.227 e. The molecule has 0 radical (unpaired) electrons. The van der Waals surface area contributed by atoms with Crippen LogP contribution < -0.4 is 0 Å². The summed E-state index contributed by atoms with van der Waals surface area (Å²) in [6.45, 7) is 0. The highest BCUT2D eigenvalue weighted by Gasteiger charge is 2.12. The molecule has 0 bridgehead atoms. The van der Waals surface area contributed by atoms with Gasteiger partial charge in [0.15, 0.2) is 11.5 Å². The molecule has 3 aromatic rings. The van der Waals surface area contributed by atoms with E-state index in [1.165, 1.54) is 16.8 Å². The molecule has 3 aromatic heterocycles. The van der Waals surface area contributed by atoms with Gasteiger partial charge in [-0.1, -0.05) is 0 Å². The van der Waals surface area contributed by atoms with Gasteiger partial charge >= 0.3 is 0 Å². The van der Waals surface area contributed by atoms with E-state index in [2.05, 4.69) is 42.6 Å². The minimum Gasteiger partial charge on any atom is -0.261 e. The standard InChI is InChI=1S/C10H4ClFIN5/c11-10-17-8(5-1-6(12)3-14-2-5)16-9-7(13)4-15-18(9)10/h1-4H. The molecule has 5 nitrogen and oxygen atoms in total. The molecule has 0 N–H and O–H groups in total. The summed E-state index contributed by atoms with van der Waals surface area (Å²) < 4.78 is 15.4. The van der Waals surface area contributed by atoms with Gasteiger partial charge in [0.2, 0.25) is 5.28 Å². The number of nitrogens with zero attached hydrogens (tertiary/aromatic N) is 5. The first-order chi connectivity index (χ1) is 8.65. The second-order valence-electron chi connectivity index (χ2n) is 3.44. The van der Waals surface area contributed by atoms with E-state index in [-0.39, 0.29) is 5.28 Å². The third-order valence-electron chi connectivity index (χ3n) is 2.25. The van der Waals surface area contributed by atoms with Crippen LogP contribution in [0, 0.1) is 9.39 Å². The summed E-state index contributed by atoms with van der Waals surface area (Å²) in [5, 5.41) is 4.20. The fraction of sp³-hybridized carbons (Fsp3) is 0. The van der Waals surface area contributed by atoms with Crippen molar-refractivity contribution in [1.82, 2.24) is 24.6 Å². The van der Waals surface area contributed by atoms with Gasteiger partial charge in [-0.3, -0.25) is 4.98 Å². The van der Waals surface area contributed by atoms with Crippen LogP contribution in [0.3, 0.4) is 0 Å². The quantitative estimate of drug-likeness (QED) is 0.614. The molecule has 0 unspecified atom stereocenters. The lowest BCUT2D eigenvalue weighted by molar-refractivity contribution is 0.622. The van der Waals surface area contributed by atoms with E-state index in [4.69, 9.17) is 11.6 Å². The molecule has 0 atom stereocenters. The van der Waals surface area contributed by atoms with Gasteiger partial charge in [-0.2, -0.15) is 14.6 Å².